The van der Waals surface area contributed by atoms with Gasteiger partial charge in [0, 0.05) is 29.9 Å². The van der Waals surface area contributed by atoms with Crippen LogP contribution in [-0.2, 0) is 6.18 Å². The highest BCUT2D eigenvalue weighted by atomic mass is 19.4. The van der Waals surface area contributed by atoms with Crippen LogP contribution in [0.3, 0.4) is 0 Å². The number of rotatable bonds is 3. The van der Waals surface area contributed by atoms with Crippen molar-refractivity contribution in [3.8, 4) is 0 Å². The molecule has 2 N–H and O–H groups in total. The zero-order valence-corrected chi connectivity index (χ0v) is 13.2. The van der Waals surface area contributed by atoms with Crippen molar-refractivity contribution < 1.29 is 18.0 Å². The lowest BCUT2D eigenvalue weighted by atomic mass is 10.1. The highest BCUT2D eigenvalue weighted by Crippen LogP contribution is 2.29. The summed E-state index contributed by atoms with van der Waals surface area (Å²) in [7, 11) is 0. The third kappa shape index (κ3) is 4.17. The van der Waals surface area contributed by atoms with Crippen LogP contribution in [0.2, 0.25) is 0 Å². The summed E-state index contributed by atoms with van der Waals surface area (Å²) in [5.41, 5.74) is 0.779. The topological polar surface area (TPSA) is 53.5 Å². The van der Waals surface area contributed by atoms with Crippen molar-refractivity contribution >= 4 is 17.4 Å². The smallest absolute Gasteiger partial charge is 0.370 e. The Morgan fingerprint density at radius 1 is 1.12 bits per heavy atom. The van der Waals surface area contributed by atoms with Crippen LogP contribution in [0.1, 0.15) is 27.9 Å². The lowest BCUT2D eigenvalue weighted by Gasteiger charge is -2.15. The summed E-state index contributed by atoms with van der Waals surface area (Å²) in [6.45, 7) is 1.60. The van der Waals surface area contributed by atoms with Gasteiger partial charge in [0.1, 0.15) is 5.84 Å². The lowest BCUT2D eigenvalue weighted by molar-refractivity contribution is -0.137. The molecule has 1 aliphatic heterocycles. The number of anilines is 1. The average molecular weight is 347 g/mol. The first-order chi connectivity index (χ1) is 11.9. The molecule has 0 bridgehead atoms. The minimum atomic E-state index is -4.42. The van der Waals surface area contributed by atoms with Gasteiger partial charge in [-0.25, -0.2) is 0 Å². The monoisotopic (exact) mass is 347 g/mol. The van der Waals surface area contributed by atoms with Gasteiger partial charge in [0.15, 0.2) is 0 Å². The van der Waals surface area contributed by atoms with E-state index in [9.17, 15) is 18.0 Å². The molecule has 3 rings (SSSR count). The van der Waals surface area contributed by atoms with E-state index < -0.39 is 17.6 Å². The number of aliphatic imine (C=N–C) groups is 1. The van der Waals surface area contributed by atoms with Gasteiger partial charge in [-0.2, -0.15) is 13.2 Å². The Hall–Kier alpha value is -2.83. The molecule has 0 fully saturated rings. The molecule has 1 amide bonds. The molecule has 25 heavy (non-hydrogen) atoms. The van der Waals surface area contributed by atoms with E-state index in [0.717, 1.165) is 55.2 Å². The summed E-state index contributed by atoms with van der Waals surface area (Å²) < 4.78 is 37.7. The van der Waals surface area contributed by atoms with Crippen molar-refractivity contribution in [2.75, 3.05) is 18.4 Å². The van der Waals surface area contributed by atoms with Crippen LogP contribution in [0.4, 0.5) is 18.9 Å². The Labute approximate surface area is 142 Å². The first kappa shape index (κ1) is 17.0. The van der Waals surface area contributed by atoms with Crippen LogP contribution in [0.5, 0.6) is 0 Å². The molecule has 7 heteroatoms. The second-order valence-corrected chi connectivity index (χ2v) is 5.62. The van der Waals surface area contributed by atoms with Crippen LogP contribution in [0.15, 0.2) is 53.5 Å². The first-order valence-electron chi connectivity index (χ1n) is 7.81. The van der Waals surface area contributed by atoms with E-state index in [1.165, 1.54) is 0 Å². The van der Waals surface area contributed by atoms with Gasteiger partial charge >= 0.3 is 6.18 Å². The van der Waals surface area contributed by atoms with Gasteiger partial charge in [-0.05, 0) is 42.8 Å². The Balaban J connectivity index is 1.74. The molecule has 1 aliphatic rings. The quantitative estimate of drug-likeness (QED) is 0.890. The van der Waals surface area contributed by atoms with Gasteiger partial charge in [-0.3, -0.25) is 9.79 Å². The van der Waals surface area contributed by atoms with Gasteiger partial charge in [0.2, 0.25) is 0 Å². The normalized spacial score (nSPS) is 14.4. The van der Waals surface area contributed by atoms with E-state index in [4.69, 9.17) is 0 Å². The fourth-order valence-corrected chi connectivity index (χ4v) is 2.48. The van der Waals surface area contributed by atoms with Crippen LogP contribution in [0, 0.1) is 0 Å². The molecule has 130 valence electrons. The maximum absolute atomic E-state index is 12.6. The first-order valence-corrected chi connectivity index (χ1v) is 7.81. The van der Waals surface area contributed by atoms with Crippen molar-refractivity contribution in [3.05, 3.63) is 65.2 Å². The fraction of sp³-hybridized carbons (Fsp3) is 0.222. The molecule has 0 spiro atoms. The third-order valence-electron chi connectivity index (χ3n) is 3.77. The molecule has 0 atom stereocenters. The van der Waals surface area contributed by atoms with Crippen molar-refractivity contribution in [1.29, 1.82) is 0 Å². The van der Waals surface area contributed by atoms with E-state index in [-0.39, 0.29) is 5.56 Å². The molecular formula is C18H16F3N3O. The molecule has 4 nitrogen and oxygen atoms in total. The number of hydrogen-bond donors (Lipinski definition) is 2. The highest BCUT2D eigenvalue weighted by Gasteiger charge is 2.30. The van der Waals surface area contributed by atoms with Crippen LogP contribution in [-0.4, -0.2) is 24.8 Å². The molecule has 0 saturated heterocycles. The predicted octanol–water partition coefficient (Wildman–Crippen LogP) is 3.70. The minimum Gasteiger partial charge on any atom is -0.370 e. The van der Waals surface area contributed by atoms with Gasteiger partial charge in [-0.1, -0.05) is 12.1 Å². The standard InChI is InChI=1S/C18H16F3N3O/c19-18(20,21)14-7-5-12(6-8-14)17(25)24-15-4-1-3-13(11-15)16-22-9-2-10-23-16/h1,3-8,11H,2,9-10H2,(H,22,23)(H,24,25). The summed E-state index contributed by atoms with van der Waals surface area (Å²) >= 11 is 0. The number of benzene rings is 2. The number of halogens is 3. The fourth-order valence-electron chi connectivity index (χ4n) is 2.48. The number of hydrogen-bond acceptors (Lipinski definition) is 3. The Morgan fingerprint density at radius 3 is 2.52 bits per heavy atom. The van der Waals surface area contributed by atoms with Crippen molar-refractivity contribution in [1.82, 2.24) is 5.32 Å². The lowest BCUT2D eigenvalue weighted by Crippen LogP contribution is -2.30. The predicted molar refractivity (Wildman–Crippen MR) is 89.9 cm³/mol. The van der Waals surface area contributed by atoms with Crippen LogP contribution < -0.4 is 10.6 Å². The molecule has 0 unspecified atom stereocenters. The number of nitrogens with zero attached hydrogens (tertiary/aromatic N) is 1. The van der Waals surface area contributed by atoms with E-state index in [2.05, 4.69) is 15.6 Å². The summed E-state index contributed by atoms with van der Waals surface area (Å²) in [4.78, 5) is 16.6. The van der Waals surface area contributed by atoms with Crippen molar-refractivity contribution in [3.63, 3.8) is 0 Å². The molecule has 0 aliphatic carbocycles. The number of carbonyl (C=O) groups is 1. The van der Waals surface area contributed by atoms with Crippen molar-refractivity contribution in [2.45, 2.75) is 12.6 Å². The highest BCUT2D eigenvalue weighted by molar-refractivity contribution is 6.05. The summed E-state index contributed by atoms with van der Waals surface area (Å²) in [5, 5.41) is 5.89. The van der Waals surface area contributed by atoms with Crippen LogP contribution in [0.25, 0.3) is 0 Å². The summed E-state index contributed by atoms with van der Waals surface area (Å²) in [6.07, 6.45) is -3.44. The van der Waals surface area contributed by atoms with E-state index in [1.807, 2.05) is 6.07 Å². The van der Waals surface area contributed by atoms with Gasteiger partial charge in [0.25, 0.3) is 5.91 Å². The van der Waals surface area contributed by atoms with Gasteiger partial charge in [0.05, 0.1) is 5.56 Å². The Bertz CT molecular complexity index is 798. The van der Waals surface area contributed by atoms with Gasteiger partial charge < -0.3 is 10.6 Å². The minimum absolute atomic E-state index is 0.159. The van der Waals surface area contributed by atoms with Crippen molar-refractivity contribution in [2.24, 2.45) is 4.99 Å². The number of alkyl halides is 3. The second-order valence-electron chi connectivity index (χ2n) is 5.62. The zero-order valence-electron chi connectivity index (χ0n) is 13.2. The summed E-state index contributed by atoms with van der Waals surface area (Å²) in [6, 6.07) is 11.3. The SMILES string of the molecule is O=C(Nc1cccc(C2=NCCCN2)c1)c1ccc(C(F)(F)F)cc1. The number of amides is 1. The molecule has 2 aromatic rings. The number of nitrogens with one attached hydrogen (secondary N) is 2. The number of carbonyl (C=O) groups excluding carboxylic acids is 1. The Kier molecular flexibility index (Phi) is 4.74. The average Bonchev–Trinajstić information content (AvgIpc) is 2.62. The molecule has 0 aromatic heterocycles. The number of amidine groups is 1. The van der Waals surface area contributed by atoms with Crippen LogP contribution >= 0.6 is 0 Å². The van der Waals surface area contributed by atoms with E-state index in [1.54, 1.807) is 18.2 Å². The molecule has 0 radical (unpaired) electrons. The molecule has 1 heterocycles. The Morgan fingerprint density at radius 2 is 1.88 bits per heavy atom. The maximum atomic E-state index is 12.6. The molecule has 2 aromatic carbocycles. The van der Waals surface area contributed by atoms with Gasteiger partial charge in [-0.15, -0.1) is 0 Å². The molecular weight excluding hydrogens is 331 g/mol. The third-order valence-corrected chi connectivity index (χ3v) is 3.77. The molecule has 0 saturated carbocycles. The van der Waals surface area contributed by atoms with E-state index in [0.29, 0.717) is 5.69 Å². The largest absolute Gasteiger partial charge is 0.416 e. The zero-order chi connectivity index (χ0) is 17.9. The summed E-state index contributed by atoms with van der Waals surface area (Å²) in [5.74, 6) is 0.307. The van der Waals surface area contributed by atoms with E-state index >= 15 is 0 Å². The second kappa shape index (κ2) is 6.96. The maximum Gasteiger partial charge on any atom is 0.416 e.